The SMILES string of the molecule is CC(O)COc1c([C@@H](C)O)cc(Br)cc1[N+](=O)[O-]. The minimum atomic E-state index is -0.912. The van der Waals surface area contributed by atoms with Gasteiger partial charge in [0.2, 0.25) is 5.75 Å². The van der Waals surface area contributed by atoms with Gasteiger partial charge in [-0.2, -0.15) is 0 Å². The first-order valence-electron chi connectivity index (χ1n) is 5.29. The molecule has 6 nitrogen and oxygen atoms in total. The summed E-state index contributed by atoms with van der Waals surface area (Å²) in [5, 5.41) is 29.7. The molecule has 1 unspecified atom stereocenters. The average molecular weight is 320 g/mol. The topological polar surface area (TPSA) is 92.8 Å². The Kier molecular flexibility index (Phi) is 5.06. The summed E-state index contributed by atoms with van der Waals surface area (Å²) in [5.74, 6) is -0.0147. The summed E-state index contributed by atoms with van der Waals surface area (Å²) >= 11 is 3.14. The van der Waals surface area contributed by atoms with Gasteiger partial charge in [-0.1, -0.05) is 15.9 Å². The van der Waals surface area contributed by atoms with Gasteiger partial charge in [0.05, 0.1) is 17.1 Å². The molecule has 0 bridgehead atoms. The highest BCUT2D eigenvalue weighted by Gasteiger charge is 2.23. The number of nitro benzene ring substituents is 1. The first-order chi connectivity index (χ1) is 8.32. The number of ether oxygens (including phenoxy) is 1. The van der Waals surface area contributed by atoms with Gasteiger partial charge in [-0.3, -0.25) is 10.1 Å². The van der Waals surface area contributed by atoms with Crippen LogP contribution in [0.2, 0.25) is 0 Å². The first-order valence-corrected chi connectivity index (χ1v) is 6.09. The summed E-state index contributed by atoms with van der Waals surface area (Å²) in [7, 11) is 0. The molecule has 7 heteroatoms. The normalized spacial score (nSPS) is 14.1. The van der Waals surface area contributed by atoms with Gasteiger partial charge in [-0.05, 0) is 19.9 Å². The van der Waals surface area contributed by atoms with E-state index in [2.05, 4.69) is 15.9 Å². The summed E-state index contributed by atoms with van der Waals surface area (Å²) in [6.45, 7) is 2.91. The van der Waals surface area contributed by atoms with Crippen LogP contribution in [0.1, 0.15) is 25.5 Å². The van der Waals surface area contributed by atoms with E-state index in [0.717, 1.165) is 0 Å². The molecule has 0 heterocycles. The number of aliphatic hydroxyl groups is 2. The van der Waals surface area contributed by atoms with Crippen LogP contribution in [0.4, 0.5) is 5.69 Å². The van der Waals surface area contributed by atoms with Crippen molar-refractivity contribution in [3.63, 3.8) is 0 Å². The molecule has 0 fully saturated rings. The van der Waals surface area contributed by atoms with Crippen molar-refractivity contribution in [2.24, 2.45) is 0 Å². The highest BCUT2D eigenvalue weighted by molar-refractivity contribution is 9.10. The van der Waals surface area contributed by atoms with Crippen LogP contribution in [-0.4, -0.2) is 27.8 Å². The van der Waals surface area contributed by atoms with Crippen molar-refractivity contribution < 1.29 is 19.9 Å². The molecule has 1 aromatic carbocycles. The number of nitrogens with zero attached hydrogens (tertiary/aromatic N) is 1. The second-order valence-corrected chi connectivity index (χ2v) is 4.85. The third-order valence-electron chi connectivity index (χ3n) is 2.18. The van der Waals surface area contributed by atoms with Crippen molar-refractivity contribution in [3.05, 3.63) is 32.3 Å². The maximum atomic E-state index is 11.0. The van der Waals surface area contributed by atoms with Gasteiger partial charge >= 0.3 is 5.69 Å². The second-order valence-electron chi connectivity index (χ2n) is 3.94. The van der Waals surface area contributed by atoms with Gasteiger partial charge < -0.3 is 14.9 Å². The van der Waals surface area contributed by atoms with Crippen LogP contribution in [0, 0.1) is 10.1 Å². The number of hydrogen-bond donors (Lipinski definition) is 2. The molecule has 0 aliphatic rings. The molecule has 100 valence electrons. The van der Waals surface area contributed by atoms with E-state index in [1.165, 1.54) is 19.9 Å². The molecule has 1 aromatic rings. The maximum Gasteiger partial charge on any atom is 0.312 e. The van der Waals surface area contributed by atoms with Crippen molar-refractivity contribution in [2.75, 3.05) is 6.61 Å². The summed E-state index contributed by atoms with van der Waals surface area (Å²) in [5.41, 5.74) is 0.0534. The smallest absolute Gasteiger partial charge is 0.312 e. The Morgan fingerprint density at radius 1 is 1.44 bits per heavy atom. The molecular weight excluding hydrogens is 306 g/mol. The zero-order valence-corrected chi connectivity index (χ0v) is 11.5. The van der Waals surface area contributed by atoms with Crippen molar-refractivity contribution in [3.8, 4) is 5.75 Å². The van der Waals surface area contributed by atoms with Crippen LogP contribution >= 0.6 is 15.9 Å². The number of rotatable bonds is 5. The lowest BCUT2D eigenvalue weighted by Gasteiger charge is -2.15. The van der Waals surface area contributed by atoms with Gasteiger partial charge in [0, 0.05) is 16.1 Å². The molecule has 0 saturated carbocycles. The van der Waals surface area contributed by atoms with E-state index in [0.29, 0.717) is 10.0 Å². The monoisotopic (exact) mass is 319 g/mol. The van der Waals surface area contributed by atoms with Crippen LogP contribution in [0.15, 0.2) is 16.6 Å². The maximum absolute atomic E-state index is 11.0. The fourth-order valence-corrected chi connectivity index (χ4v) is 1.87. The van der Waals surface area contributed by atoms with Gasteiger partial charge in [0.25, 0.3) is 0 Å². The summed E-state index contributed by atoms with van der Waals surface area (Å²) in [4.78, 5) is 10.4. The standard InChI is InChI=1S/C11H14BrNO5/c1-6(14)5-18-11-9(7(2)15)3-8(12)4-10(11)13(16)17/h3-4,6-7,14-15H,5H2,1-2H3/t6?,7-/m1/s1. The average Bonchev–Trinajstić information content (AvgIpc) is 2.25. The Bertz CT molecular complexity index is 447. The van der Waals surface area contributed by atoms with Crippen molar-refractivity contribution in [1.82, 2.24) is 0 Å². The molecule has 2 N–H and O–H groups in total. The first kappa shape index (κ1) is 14.9. The third kappa shape index (κ3) is 3.66. The predicted octanol–water partition coefficient (Wildman–Crippen LogP) is 2.17. The fourth-order valence-electron chi connectivity index (χ4n) is 1.41. The molecule has 2 atom stereocenters. The third-order valence-corrected chi connectivity index (χ3v) is 2.64. The lowest BCUT2D eigenvalue weighted by molar-refractivity contribution is -0.386. The Labute approximate surface area is 112 Å². The van der Waals surface area contributed by atoms with E-state index in [1.54, 1.807) is 6.07 Å². The lowest BCUT2D eigenvalue weighted by atomic mass is 10.1. The van der Waals surface area contributed by atoms with E-state index >= 15 is 0 Å². The quantitative estimate of drug-likeness (QED) is 0.641. The molecule has 0 amide bonds. The van der Waals surface area contributed by atoms with Gasteiger partial charge in [0.15, 0.2) is 0 Å². The van der Waals surface area contributed by atoms with E-state index in [9.17, 15) is 15.2 Å². The Morgan fingerprint density at radius 3 is 2.50 bits per heavy atom. The molecular formula is C11H14BrNO5. The van der Waals surface area contributed by atoms with Crippen molar-refractivity contribution in [1.29, 1.82) is 0 Å². The van der Waals surface area contributed by atoms with Crippen LogP contribution in [0.5, 0.6) is 5.75 Å². The molecule has 0 aliphatic heterocycles. The molecule has 0 saturated heterocycles. The number of benzene rings is 1. The number of nitro groups is 1. The fraction of sp³-hybridized carbons (Fsp3) is 0.455. The molecule has 18 heavy (non-hydrogen) atoms. The Balaban J connectivity index is 3.27. The molecule has 0 aliphatic carbocycles. The Morgan fingerprint density at radius 2 is 2.06 bits per heavy atom. The minimum Gasteiger partial charge on any atom is -0.484 e. The lowest BCUT2D eigenvalue weighted by Crippen LogP contribution is -2.15. The largest absolute Gasteiger partial charge is 0.484 e. The highest BCUT2D eigenvalue weighted by atomic mass is 79.9. The van der Waals surface area contributed by atoms with Crippen LogP contribution < -0.4 is 4.74 Å². The number of aliphatic hydroxyl groups excluding tert-OH is 2. The van der Waals surface area contributed by atoms with E-state index in [4.69, 9.17) is 9.84 Å². The summed E-state index contributed by atoms with van der Waals surface area (Å²) in [6, 6.07) is 2.85. The number of halogens is 1. The zero-order valence-electron chi connectivity index (χ0n) is 9.96. The van der Waals surface area contributed by atoms with E-state index < -0.39 is 17.1 Å². The van der Waals surface area contributed by atoms with Crippen molar-refractivity contribution in [2.45, 2.75) is 26.1 Å². The van der Waals surface area contributed by atoms with Crippen LogP contribution in [0.3, 0.4) is 0 Å². The van der Waals surface area contributed by atoms with Gasteiger partial charge in [0.1, 0.15) is 6.61 Å². The van der Waals surface area contributed by atoms with E-state index in [1.807, 2.05) is 0 Å². The number of hydrogen-bond acceptors (Lipinski definition) is 5. The highest BCUT2D eigenvalue weighted by Crippen LogP contribution is 2.37. The molecule has 0 aromatic heterocycles. The zero-order chi connectivity index (χ0) is 13.9. The van der Waals surface area contributed by atoms with Crippen LogP contribution in [-0.2, 0) is 0 Å². The second kappa shape index (κ2) is 6.12. The molecule has 0 radical (unpaired) electrons. The summed E-state index contributed by atoms with van der Waals surface area (Å²) in [6.07, 6.45) is -1.67. The Hall–Kier alpha value is -1.18. The molecule has 1 rings (SSSR count). The van der Waals surface area contributed by atoms with Gasteiger partial charge in [-0.25, -0.2) is 0 Å². The van der Waals surface area contributed by atoms with Crippen LogP contribution in [0.25, 0.3) is 0 Å². The van der Waals surface area contributed by atoms with Gasteiger partial charge in [-0.15, -0.1) is 0 Å². The molecule has 0 spiro atoms. The minimum absolute atomic E-state index is 0.0147. The van der Waals surface area contributed by atoms with E-state index in [-0.39, 0.29) is 18.0 Å². The van der Waals surface area contributed by atoms with Crippen molar-refractivity contribution >= 4 is 21.6 Å². The predicted molar refractivity (Wildman–Crippen MR) is 68.6 cm³/mol. The summed E-state index contributed by atoms with van der Waals surface area (Å²) < 4.78 is 5.72.